The Morgan fingerprint density at radius 1 is 1.00 bits per heavy atom. The molecular formula is C33H41ClN9O2P. The SMILES string of the molecule is C=Cc1cc(Nc2ncc(Cl)c(Nc3ccc4nccnc4c3P(C)(C)=O)n2)c(OC)cc1N1CCC(N2CCN(C)CC2)CC1. The number of hydrogen-bond donors (Lipinski definition) is 2. The fourth-order valence-corrected chi connectivity index (χ4v) is 7.91. The first-order valence-corrected chi connectivity index (χ1v) is 18.5. The van der Waals surface area contributed by atoms with Crippen molar-refractivity contribution < 1.29 is 9.30 Å². The lowest BCUT2D eigenvalue weighted by Gasteiger charge is -2.43. The Morgan fingerprint density at radius 2 is 1.74 bits per heavy atom. The number of hydrogen-bond acceptors (Lipinski definition) is 11. The first kappa shape index (κ1) is 32.2. The number of fused-ring (bicyclic) bond motifs is 1. The molecule has 4 heterocycles. The summed E-state index contributed by atoms with van der Waals surface area (Å²) < 4.78 is 19.2. The maximum atomic E-state index is 13.4. The molecule has 2 aromatic carbocycles. The van der Waals surface area contributed by atoms with Crippen LogP contribution in [0.4, 0.5) is 28.8 Å². The van der Waals surface area contributed by atoms with Crippen LogP contribution in [-0.2, 0) is 4.57 Å². The van der Waals surface area contributed by atoms with Crippen LogP contribution >= 0.6 is 18.7 Å². The van der Waals surface area contributed by atoms with Crippen LogP contribution in [0.5, 0.6) is 5.75 Å². The average Bonchev–Trinajstić information content (AvgIpc) is 3.06. The molecule has 0 unspecified atom stereocenters. The Hall–Kier alpha value is -3.76. The number of nitrogens with zero attached hydrogens (tertiary/aromatic N) is 7. The topological polar surface area (TPSA) is 112 Å². The highest BCUT2D eigenvalue weighted by molar-refractivity contribution is 7.71. The van der Waals surface area contributed by atoms with Crippen molar-refractivity contribution >= 4 is 70.0 Å². The number of methoxy groups -OCH3 is 1. The van der Waals surface area contributed by atoms with E-state index < -0.39 is 7.14 Å². The second kappa shape index (κ2) is 13.5. The second-order valence-corrected chi connectivity index (χ2v) is 15.8. The van der Waals surface area contributed by atoms with Gasteiger partial charge in [-0.25, -0.2) is 4.98 Å². The fourth-order valence-electron chi connectivity index (χ4n) is 6.38. The molecule has 2 aromatic heterocycles. The number of halogens is 1. The van der Waals surface area contributed by atoms with Crippen LogP contribution in [0.15, 0.2) is 49.4 Å². The van der Waals surface area contributed by atoms with Gasteiger partial charge in [0.05, 0.1) is 35.5 Å². The molecule has 2 saturated heterocycles. The Kier molecular flexibility index (Phi) is 9.47. The fraction of sp³-hybridized carbons (Fsp3) is 0.394. The molecule has 0 aliphatic carbocycles. The number of piperazine rings is 1. The van der Waals surface area contributed by atoms with Crippen molar-refractivity contribution in [1.29, 1.82) is 0 Å². The molecule has 2 aliphatic rings. The maximum absolute atomic E-state index is 13.4. The zero-order valence-corrected chi connectivity index (χ0v) is 28.5. The van der Waals surface area contributed by atoms with Gasteiger partial charge < -0.3 is 29.7 Å². The summed E-state index contributed by atoms with van der Waals surface area (Å²) >= 11 is 6.55. The number of piperidine rings is 1. The van der Waals surface area contributed by atoms with Gasteiger partial charge in [-0.1, -0.05) is 24.3 Å². The van der Waals surface area contributed by atoms with Crippen LogP contribution in [0.25, 0.3) is 17.1 Å². The van der Waals surface area contributed by atoms with Gasteiger partial charge >= 0.3 is 0 Å². The molecule has 0 radical (unpaired) electrons. The van der Waals surface area contributed by atoms with E-state index >= 15 is 0 Å². The minimum Gasteiger partial charge on any atom is -0.494 e. The van der Waals surface area contributed by atoms with Gasteiger partial charge in [0, 0.05) is 69.5 Å². The zero-order chi connectivity index (χ0) is 32.4. The standard InChI is InChI=1S/C33H41ClN9O2P/c1-6-22-19-27(29(45-3)20-28(22)43-13-9-23(10-14-43)42-17-15-41(2)16-18-42)39-33-37-21-24(34)32(40-33)38-26-8-7-25-30(36-12-11-35-25)31(26)46(4,5)44/h6-8,11-12,19-21,23H,1,9-10,13-18H2,2-5H3,(H2,37,38,39,40). The van der Waals surface area contributed by atoms with Crippen LogP contribution in [0.2, 0.25) is 5.02 Å². The third-order valence-electron chi connectivity index (χ3n) is 8.82. The molecule has 2 aliphatic heterocycles. The molecule has 4 aromatic rings. The molecule has 242 valence electrons. The lowest BCUT2D eigenvalue weighted by atomic mass is 10.00. The average molecular weight is 662 g/mol. The highest BCUT2D eigenvalue weighted by atomic mass is 35.5. The molecule has 2 fully saturated rings. The van der Waals surface area contributed by atoms with E-state index in [1.165, 1.54) is 6.20 Å². The van der Waals surface area contributed by atoms with Crippen molar-refractivity contribution in [3.8, 4) is 5.75 Å². The molecule has 0 amide bonds. The van der Waals surface area contributed by atoms with Crippen LogP contribution in [-0.4, -0.2) is 103 Å². The number of aromatic nitrogens is 4. The lowest BCUT2D eigenvalue weighted by molar-refractivity contribution is 0.0982. The zero-order valence-electron chi connectivity index (χ0n) is 26.8. The van der Waals surface area contributed by atoms with E-state index in [-0.39, 0.29) is 0 Å². The van der Waals surface area contributed by atoms with Crippen molar-refractivity contribution in [3.05, 3.63) is 60.0 Å². The van der Waals surface area contributed by atoms with Crippen molar-refractivity contribution in [2.45, 2.75) is 18.9 Å². The quantitative estimate of drug-likeness (QED) is 0.216. The van der Waals surface area contributed by atoms with Gasteiger partial charge in [-0.3, -0.25) is 14.9 Å². The van der Waals surface area contributed by atoms with Gasteiger partial charge in [0.25, 0.3) is 0 Å². The molecule has 0 atom stereocenters. The molecule has 46 heavy (non-hydrogen) atoms. The number of anilines is 5. The maximum Gasteiger partial charge on any atom is 0.229 e. The largest absolute Gasteiger partial charge is 0.494 e. The van der Waals surface area contributed by atoms with E-state index in [2.05, 4.69) is 65.0 Å². The Balaban J connectivity index is 1.23. The minimum absolute atomic E-state index is 0.312. The van der Waals surface area contributed by atoms with Gasteiger partial charge in [0.15, 0.2) is 5.82 Å². The molecule has 11 nitrogen and oxygen atoms in total. The Labute approximate surface area is 275 Å². The monoisotopic (exact) mass is 661 g/mol. The predicted octanol–water partition coefficient (Wildman–Crippen LogP) is 5.68. The number of ether oxygens (including phenoxy) is 1. The predicted molar refractivity (Wildman–Crippen MR) is 190 cm³/mol. The van der Waals surface area contributed by atoms with E-state index in [4.69, 9.17) is 16.3 Å². The molecule has 6 rings (SSSR count). The Bertz CT molecular complexity index is 1780. The van der Waals surface area contributed by atoms with Crippen molar-refractivity contribution in [1.82, 2.24) is 29.7 Å². The van der Waals surface area contributed by atoms with E-state index in [1.807, 2.05) is 24.3 Å². The summed E-state index contributed by atoms with van der Waals surface area (Å²) in [5.41, 5.74) is 4.64. The molecule has 13 heteroatoms. The number of likely N-dealkylation sites (N-methyl/N-ethyl adjacent to an activating group) is 1. The van der Waals surface area contributed by atoms with E-state index in [1.54, 1.807) is 32.8 Å². The molecule has 0 bridgehead atoms. The number of benzene rings is 2. The molecule has 0 saturated carbocycles. The minimum atomic E-state index is -2.77. The summed E-state index contributed by atoms with van der Waals surface area (Å²) in [7, 11) is 1.09. The first-order valence-electron chi connectivity index (χ1n) is 15.5. The molecule has 2 N–H and O–H groups in total. The first-order chi connectivity index (χ1) is 22.1. The molecule has 0 spiro atoms. The summed E-state index contributed by atoms with van der Waals surface area (Å²) in [6.45, 7) is 14.1. The van der Waals surface area contributed by atoms with E-state index in [9.17, 15) is 4.57 Å². The molecular weight excluding hydrogens is 621 g/mol. The summed E-state index contributed by atoms with van der Waals surface area (Å²) in [6, 6.07) is 8.36. The van der Waals surface area contributed by atoms with Crippen LogP contribution in [0.3, 0.4) is 0 Å². The summed E-state index contributed by atoms with van der Waals surface area (Å²) in [4.78, 5) is 25.4. The number of rotatable bonds is 9. The van der Waals surface area contributed by atoms with Crippen LogP contribution < -0.4 is 25.6 Å². The summed E-state index contributed by atoms with van der Waals surface area (Å²) in [5.74, 6) is 1.35. The van der Waals surface area contributed by atoms with Crippen molar-refractivity contribution in [3.63, 3.8) is 0 Å². The van der Waals surface area contributed by atoms with Gasteiger partial charge in [-0.2, -0.15) is 4.98 Å². The lowest BCUT2D eigenvalue weighted by Crippen LogP contribution is -2.52. The summed E-state index contributed by atoms with van der Waals surface area (Å²) in [5, 5.41) is 7.48. The normalized spacial score (nSPS) is 16.8. The smallest absolute Gasteiger partial charge is 0.229 e. The third kappa shape index (κ3) is 6.83. The Morgan fingerprint density at radius 3 is 2.43 bits per heavy atom. The highest BCUT2D eigenvalue weighted by Gasteiger charge is 2.28. The third-order valence-corrected chi connectivity index (χ3v) is 10.6. The van der Waals surface area contributed by atoms with Crippen LogP contribution in [0.1, 0.15) is 18.4 Å². The number of nitrogens with one attached hydrogen (secondary N) is 2. The van der Waals surface area contributed by atoms with Crippen LogP contribution in [0, 0.1) is 0 Å². The van der Waals surface area contributed by atoms with Gasteiger partial charge in [0.2, 0.25) is 5.95 Å². The van der Waals surface area contributed by atoms with E-state index in [0.29, 0.717) is 56.3 Å². The second-order valence-electron chi connectivity index (χ2n) is 12.2. The van der Waals surface area contributed by atoms with E-state index in [0.717, 1.165) is 63.4 Å². The van der Waals surface area contributed by atoms with Gasteiger partial charge in [-0.15, -0.1) is 0 Å². The van der Waals surface area contributed by atoms with Gasteiger partial charge in [0.1, 0.15) is 23.4 Å². The van der Waals surface area contributed by atoms with Crippen molar-refractivity contribution in [2.24, 2.45) is 0 Å². The summed E-state index contributed by atoms with van der Waals surface area (Å²) in [6.07, 6.45) is 8.88. The highest BCUT2D eigenvalue weighted by Crippen LogP contribution is 2.42. The van der Waals surface area contributed by atoms with Gasteiger partial charge in [-0.05, 0) is 57.0 Å². The van der Waals surface area contributed by atoms with Crippen molar-refractivity contribution in [2.75, 3.05) is 82.3 Å².